The summed E-state index contributed by atoms with van der Waals surface area (Å²) in [6.07, 6.45) is 0. The molecule has 1 aromatic carbocycles. The van der Waals surface area contributed by atoms with Crippen molar-refractivity contribution < 1.29 is 0 Å². The molecule has 0 heterocycles. The maximum Gasteiger partial charge on any atom is 0.0384 e. The minimum atomic E-state index is 0.504. The van der Waals surface area contributed by atoms with E-state index in [9.17, 15) is 0 Å². The monoisotopic (exact) mass is 205 g/mol. The molecule has 15 heavy (non-hydrogen) atoms. The molecule has 1 aromatic rings. The zero-order chi connectivity index (χ0) is 11.6. The van der Waals surface area contributed by atoms with Crippen molar-refractivity contribution in [1.29, 1.82) is 0 Å². The first-order valence-corrected chi connectivity index (χ1v) is 5.83. The second-order valence-corrected chi connectivity index (χ2v) is 5.04. The molecule has 1 rings (SSSR count). The molecule has 0 aliphatic rings. The third-order valence-electron chi connectivity index (χ3n) is 3.29. The zero-order valence-electron chi connectivity index (χ0n) is 10.5. The lowest BCUT2D eigenvalue weighted by atomic mass is 9.86. The second kappa shape index (κ2) is 4.69. The Hall–Kier alpha value is -0.980. The molecule has 0 aliphatic heterocycles. The van der Waals surface area contributed by atoms with E-state index >= 15 is 0 Å². The summed E-state index contributed by atoms with van der Waals surface area (Å²) < 4.78 is 0. The highest BCUT2D eigenvalue weighted by Crippen LogP contribution is 2.33. The summed E-state index contributed by atoms with van der Waals surface area (Å²) in [5, 5.41) is 0. The number of anilines is 1. The van der Waals surface area contributed by atoms with Crippen molar-refractivity contribution in [2.45, 2.75) is 46.5 Å². The van der Waals surface area contributed by atoms with Gasteiger partial charge in [0.05, 0.1) is 0 Å². The highest BCUT2D eigenvalue weighted by Gasteiger charge is 2.15. The van der Waals surface area contributed by atoms with E-state index in [2.05, 4.69) is 52.8 Å². The lowest BCUT2D eigenvalue weighted by Gasteiger charge is -2.21. The van der Waals surface area contributed by atoms with E-state index in [-0.39, 0.29) is 0 Å². The minimum absolute atomic E-state index is 0.504. The second-order valence-electron chi connectivity index (χ2n) is 5.04. The molecule has 0 saturated heterocycles. The van der Waals surface area contributed by atoms with E-state index in [0.717, 1.165) is 5.69 Å². The van der Waals surface area contributed by atoms with Crippen molar-refractivity contribution in [1.82, 2.24) is 0 Å². The zero-order valence-corrected chi connectivity index (χ0v) is 10.5. The van der Waals surface area contributed by atoms with Crippen LogP contribution in [-0.4, -0.2) is 0 Å². The molecule has 0 fully saturated rings. The van der Waals surface area contributed by atoms with Crippen molar-refractivity contribution in [3.8, 4) is 0 Å². The Bertz CT molecular complexity index is 326. The van der Waals surface area contributed by atoms with Crippen LogP contribution in [0, 0.1) is 5.92 Å². The van der Waals surface area contributed by atoms with E-state index in [1.807, 2.05) is 0 Å². The van der Waals surface area contributed by atoms with Gasteiger partial charge in [-0.1, -0.05) is 52.8 Å². The van der Waals surface area contributed by atoms with Crippen molar-refractivity contribution in [2.75, 3.05) is 5.73 Å². The first-order valence-electron chi connectivity index (χ1n) is 5.83. The fraction of sp³-hybridized carbons (Fsp3) is 0.571. The lowest BCUT2D eigenvalue weighted by molar-refractivity contribution is 0.536. The molecular weight excluding hydrogens is 182 g/mol. The fourth-order valence-corrected chi connectivity index (χ4v) is 1.86. The average molecular weight is 205 g/mol. The molecule has 1 atom stereocenters. The van der Waals surface area contributed by atoms with Crippen LogP contribution in [-0.2, 0) is 0 Å². The van der Waals surface area contributed by atoms with E-state index in [1.165, 1.54) is 11.1 Å². The van der Waals surface area contributed by atoms with Crippen LogP contribution >= 0.6 is 0 Å². The van der Waals surface area contributed by atoms with Gasteiger partial charge in [-0.2, -0.15) is 0 Å². The quantitative estimate of drug-likeness (QED) is 0.737. The molecule has 1 heteroatoms. The van der Waals surface area contributed by atoms with Gasteiger partial charge in [0.25, 0.3) is 0 Å². The van der Waals surface area contributed by atoms with Gasteiger partial charge in [0.15, 0.2) is 0 Å². The van der Waals surface area contributed by atoms with Gasteiger partial charge in [0, 0.05) is 5.69 Å². The van der Waals surface area contributed by atoms with Crippen molar-refractivity contribution >= 4 is 5.69 Å². The number of rotatable bonds is 3. The standard InChI is InChI=1S/C14H23N/c1-9(2)11(5)13-8-6-7-12(10(3)4)14(13)15/h6-11H,15H2,1-5H3/t11-/m1/s1. The predicted octanol–water partition coefficient (Wildman–Crippen LogP) is 4.15. The third kappa shape index (κ3) is 2.53. The summed E-state index contributed by atoms with van der Waals surface area (Å²) in [7, 11) is 0. The summed E-state index contributed by atoms with van der Waals surface area (Å²) in [5.41, 5.74) is 9.80. The molecule has 0 amide bonds. The Morgan fingerprint density at radius 1 is 0.933 bits per heavy atom. The van der Waals surface area contributed by atoms with Gasteiger partial charge in [0.1, 0.15) is 0 Å². The summed E-state index contributed by atoms with van der Waals surface area (Å²) in [4.78, 5) is 0. The molecule has 84 valence electrons. The van der Waals surface area contributed by atoms with Gasteiger partial charge in [-0.15, -0.1) is 0 Å². The van der Waals surface area contributed by atoms with Gasteiger partial charge >= 0.3 is 0 Å². The van der Waals surface area contributed by atoms with Gasteiger partial charge < -0.3 is 5.73 Å². The van der Waals surface area contributed by atoms with E-state index in [4.69, 9.17) is 5.73 Å². The Kier molecular flexibility index (Phi) is 3.78. The van der Waals surface area contributed by atoms with Crippen LogP contribution in [0.2, 0.25) is 0 Å². The molecule has 0 unspecified atom stereocenters. The van der Waals surface area contributed by atoms with Crippen LogP contribution < -0.4 is 5.73 Å². The summed E-state index contributed by atoms with van der Waals surface area (Å²) in [6, 6.07) is 6.42. The van der Waals surface area contributed by atoms with Crippen molar-refractivity contribution in [2.24, 2.45) is 5.92 Å². The largest absolute Gasteiger partial charge is 0.398 e. The number of benzene rings is 1. The normalized spacial score (nSPS) is 13.5. The highest BCUT2D eigenvalue weighted by molar-refractivity contribution is 5.56. The average Bonchev–Trinajstić information content (AvgIpc) is 2.16. The first kappa shape index (κ1) is 12.1. The maximum absolute atomic E-state index is 6.22. The molecule has 0 saturated carbocycles. The van der Waals surface area contributed by atoms with Crippen molar-refractivity contribution in [3.05, 3.63) is 29.3 Å². The highest BCUT2D eigenvalue weighted by atomic mass is 14.6. The summed E-state index contributed by atoms with van der Waals surface area (Å²) in [5.74, 6) is 1.67. The van der Waals surface area contributed by atoms with Crippen LogP contribution in [0.5, 0.6) is 0 Å². The van der Waals surface area contributed by atoms with Crippen LogP contribution in [0.1, 0.15) is 57.6 Å². The van der Waals surface area contributed by atoms with Crippen molar-refractivity contribution in [3.63, 3.8) is 0 Å². The summed E-state index contributed by atoms with van der Waals surface area (Å²) in [6.45, 7) is 11.1. The van der Waals surface area contributed by atoms with Crippen LogP contribution in [0.15, 0.2) is 18.2 Å². The molecule has 0 aromatic heterocycles. The molecule has 0 bridgehead atoms. The SMILES string of the molecule is CC(C)c1cccc([C@H](C)C(C)C)c1N. The number of nitrogens with two attached hydrogens (primary N) is 1. The smallest absolute Gasteiger partial charge is 0.0384 e. The molecule has 0 spiro atoms. The Morgan fingerprint density at radius 3 is 1.93 bits per heavy atom. The number of nitrogen functional groups attached to an aromatic ring is 1. The van der Waals surface area contributed by atoms with Gasteiger partial charge in [-0.3, -0.25) is 0 Å². The van der Waals surface area contributed by atoms with Crippen LogP contribution in [0.4, 0.5) is 5.69 Å². The molecule has 1 nitrogen and oxygen atoms in total. The molecule has 2 N–H and O–H groups in total. The fourth-order valence-electron chi connectivity index (χ4n) is 1.86. The first-order chi connectivity index (χ1) is 6.95. The van der Waals surface area contributed by atoms with E-state index in [0.29, 0.717) is 17.8 Å². The number of hydrogen-bond donors (Lipinski definition) is 1. The Labute approximate surface area is 93.7 Å². The topological polar surface area (TPSA) is 26.0 Å². The van der Waals surface area contributed by atoms with E-state index < -0.39 is 0 Å². The maximum atomic E-state index is 6.22. The molecular formula is C14H23N. The molecule has 0 radical (unpaired) electrons. The van der Waals surface area contributed by atoms with Gasteiger partial charge in [-0.25, -0.2) is 0 Å². The minimum Gasteiger partial charge on any atom is -0.398 e. The number of hydrogen-bond acceptors (Lipinski definition) is 1. The van der Waals surface area contributed by atoms with Crippen LogP contribution in [0.25, 0.3) is 0 Å². The Morgan fingerprint density at radius 2 is 1.47 bits per heavy atom. The number of para-hydroxylation sites is 1. The van der Waals surface area contributed by atoms with Gasteiger partial charge in [-0.05, 0) is 28.9 Å². The summed E-state index contributed by atoms with van der Waals surface area (Å²) >= 11 is 0. The third-order valence-corrected chi connectivity index (χ3v) is 3.29. The molecule has 0 aliphatic carbocycles. The van der Waals surface area contributed by atoms with Gasteiger partial charge in [0.2, 0.25) is 0 Å². The predicted molar refractivity (Wildman–Crippen MR) is 68.2 cm³/mol. The van der Waals surface area contributed by atoms with Crippen LogP contribution in [0.3, 0.4) is 0 Å². The Balaban J connectivity index is 3.15. The van der Waals surface area contributed by atoms with E-state index in [1.54, 1.807) is 0 Å². The lowest BCUT2D eigenvalue weighted by Crippen LogP contribution is -2.08.